The number of hydrogen-bond donors (Lipinski definition) is 0. The highest BCUT2D eigenvalue weighted by molar-refractivity contribution is 6.18. The summed E-state index contributed by atoms with van der Waals surface area (Å²) >= 11 is 0. The smallest absolute Gasteiger partial charge is 0.258 e. The van der Waals surface area contributed by atoms with Crippen LogP contribution in [0.15, 0.2) is 41.4 Å². The predicted octanol–water partition coefficient (Wildman–Crippen LogP) is 3.14. The second kappa shape index (κ2) is 6.48. The second-order valence-corrected chi connectivity index (χ2v) is 5.88. The van der Waals surface area contributed by atoms with Crippen molar-refractivity contribution in [3.8, 4) is 0 Å². The Hall–Kier alpha value is -3.70. The molecule has 0 fully saturated rings. The van der Waals surface area contributed by atoms with E-state index in [-0.39, 0.29) is 15.9 Å². The zero-order valence-electron chi connectivity index (χ0n) is 14.0. The lowest BCUT2D eigenvalue weighted by molar-refractivity contribution is -0.401. The Balaban J connectivity index is 2.40. The number of nitro groups is 2. The Labute approximate surface area is 154 Å². The maximum Gasteiger partial charge on any atom is 0.499 e. The molecule has 1 unspecified atom stereocenters. The average molecular weight is 395 g/mol. The number of alkyl halides is 3. The first kappa shape index (κ1) is 19.1. The van der Waals surface area contributed by atoms with Crippen LogP contribution in [0.25, 0.3) is 0 Å². The van der Waals surface area contributed by atoms with Crippen molar-refractivity contribution in [3.05, 3.63) is 62.2 Å². The number of carbonyl (C=O) groups excluding carboxylic acids is 1. The molecule has 144 valence electrons. The van der Waals surface area contributed by atoms with Crippen molar-refractivity contribution in [3.63, 3.8) is 0 Å². The first-order chi connectivity index (χ1) is 13.0. The van der Waals surface area contributed by atoms with Crippen molar-refractivity contribution in [2.45, 2.75) is 13.1 Å². The van der Waals surface area contributed by atoms with Gasteiger partial charge in [-0.05, 0) is 18.0 Å². The molecule has 12 heteroatoms. The molecule has 3 rings (SSSR count). The molecule has 0 saturated carbocycles. The fraction of sp³-hybridized carbons (Fsp3) is 0.188. The molecule has 28 heavy (non-hydrogen) atoms. The Morgan fingerprint density at radius 3 is 2.39 bits per heavy atom. The van der Waals surface area contributed by atoms with Gasteiger partial charge in [0.2, 0.25) is 0 Å². The van der Waals surface area contributed by atoms with Crippen LogP contribution < -0.4 is 0 Å². The van der Waals surface area contributed by atoms with Crippen LogP contribution in [0, 0.1) is 33.1 Å². The van der Waals surface area contributed by atoms with Crippen LogP contribution in [-0.4, -0.2) is 38.1 Å². The summed E-state index contributed by atoms with van der Waals surface area (Å²) < 4.78 is 41.0. The summed E-state index contributed by atoms with van der Waals surface area (Å²) in [4.78, 5) is 36.7. The summed E-state index contributed by atoms with van der Waals surface area (Å²) in [6.07, 6.45) is 0.335. The van der Waals surface area contributed by atoms with Crippen molar-refractivity contribution >= 4 is 34.5 Å². The minimum atomic E-state index is -5.09. The number of amidine groups is 1. The van der Waals surface area contributed by atoms with Crippen molar-refractivity contribution in [1.29, 1.82) is 0 Å². The highest BCUT2D eigenvalue weighted by Gasteiger charge is 2.53. The average Bonchev–Trinajstić information content (AvgIpc) is 2.61. The first-order valence-corrected chi connectivity index (χ1v) is 7.67. The zero-order chi connectivity index (χ0) is 20.8. The van der Waals surface area contributed by atoms with E-state index in [1.54, 1.807) is 0 Å². The van der Waals surface area contributed by atoms with E-state index in [2.05, 4.69) is 4.99 Å². The number of rotatable bonds is 3. The van der Waals surface area contributed by atoms with Gasteiger partial charge in [0, 0.05) is 0 Å². The van der Waals surface area contributed by atoms with Gasteiger partial charge in [-0.2, -0.15) is 17.7 Å². The topological polar surface area (TPSA) is 119 Å². The van der Waals surface area contributed by atoms with Crippen LogP contribution in [0.1, 0.15) is 5.56 Å². The number of carbonyl (C=O) groups is 1. The molecule has 9 nitrogen and oxygen atoms in total. The third-order valence-electron chi connectivity index (χ3n) is 4.17. The summed E-state index contributed by atoms with van der Waals surface area (Å²) in [7, 11) is 0. The standard InChI is InChI=1S/C16H10F3N4O5/c1-8-12(6-9(22(25)26)7-13(8)23(27)28)21-14(24)10-4-2-3-5-11(10)20-15(21)16(17,18)19/h2-7,10H,1H3/q+1. The molecule has 0 radical (unpaired) electrons. The molecule has 1 aliphatic heterocycles. The minimum Gasteiger partial charge on any atom is -0.258 e. The van der Waals surface area contributed by atoms with Gasteiger partial charge in [-0.15, -0.1) is 0 Å². The number of aliphatic imine (C=N–C) groups is 1. The van der Waals surface area contributed by atoms with Crippen LogP contribution in [0.5, 0.6) is 0 Å². The number of allylic oxidation sites excluding steroid dienone is 3. The molecule has 0 aromatic heterocycles. The molecule has 0 bridgehead atoms. The maximum atomic E-state index is 13.6. The number of non-ortho nitro benzene ring substituents is 1. The quantitative estimate of drug-likeness (QED) is 0.442. The summed E-state index contributed by atoms with van der Waals surface area (Å²) in [5.41, 5.74) is -2.71. The molecular weight excluding hydrogens is 385 g/mol. The first-order valence-electron chi connectivity index (χ1n) is 7.67. The third kappa shape index (κ3) is 3.08. The number of nitrogens with zero attached hydrogens (tertiary/aromatic N) is 4. The highest BCUT2D eigenvalue weighted by atomic mass is 19.4. The summed E-state index contributed by atoms with van der Waals surface area (Å²) in [5, 5.41) is 22.3. The number of hydrogen-bond acceptors (Lipinski definition) is 6. The monoisotopic (exact) mass is 395 g/mol. The highest BCUT2D eigenvalue weighted by Crippen LogP contribution is 2.37. The number of fused-ring (bicyclic) bond motifs is 1. The van der Waals surface area contributed by atoms with E-state index in [9.17, 15) is 38.2 Å². The van der Waals surface area contributed by atoms with Gasteiger partial charge >= 0.3 is 17.9 Å². The van der Waals surface area contributed by atoms with E-state index in [0.717, 1.165) is 6.92 Å². The molecule has 1 aromatic rings. The number of nitro benzene ring substituents is 2. The van der Waals surface area contributed by atoms with Crippen LogP contribution in [0.4, 0.5) is 30.2 Å². The summed E-state index contributed by atoms with van der Waals surface area (Å²) in [6, 6.07) is 1.31. The van der Waals surface area contributed by atoms with E-state index in [0.29, 0.717) is 12.1 Å². The second-order valence-electron chi connectivity index (χ2n) is 5.88. The van der Waals surface area contributed by atoms with E-state index >= 15 is 0 Å². The van der Waals surface area contributed by atoms with Crippen molar-refractivity contribution in [1.82, 2.24) is 0 Å². The van der Waals surface area contributed by atoms with Gasteiger partial charge in [-0.3, -0.25) is 20.2 Å². The van der Waals surface area contributed by atoms with Gasteiger partial charge in [0.05, 0.1) is 27.5 Å². The van der Waals surface area contributed by atoms with E-state index in [1.165, 1.54) is 24.3 Å². The molecule has 1 heterocycles. The predicted molar refractivity (Wildman–Crippen MR) is 89.7 cm³/mol. The minimum absolute atomic E-state index is 0.145. The van der Waals surface area contributed by atoms with Crippen LogP contribution >= 0.6 is 0 Å². The molecule has 1 amide bonds. The molecule has 1 aromatic carbocycles. The van der Waals surface area contributed by atoms with Gasteiger partial charge in [-0.1, -0.05) is 18.2 Å². The number of halogens is 3. The molecule has 0 N–H and O–H groups in total. The van der Waals surface area contributed by atoms with Crippen LogP contribution in [0.3, 0.4) is 0 Å². The Bertz CT molecular complexity index is 1050. The maximum absolute atomic E-state index is 13.6. The van der Waals surface area contributed by atoms with Gasteiger partial charge in [0.1, 0.15) is 5.92 Å². The fourth-order valence-corrected chi connectivity index (χ4v) is 2.88. The third-order valence-corrected chi connectivity index (χ3v) is 4.17. The van der Waals surface area contributed by atoms with Crippen LogP contribution in [-0.2, 0) is 4.79 Å². The normalized spacial score (nSPS) is 18.8. The molecule has 1 atom stereocenters. The SMILES string of the molecule is Cc1c([N+](=O)[O-])cc([N+](=O)[O-])cc1[N+]1=C(C(F)(F)F)N=C2C=CC=CC2C1=O. The van der Waals surface area contributed by atoms with E-state index in [1.807, 2.05) is 0 Å². The molecule has 2 aliphatic rings. The Morgan fingerprint density at radius 2 is 1.82 bits per heavy atom. The van der Waals surface area contributed by atoms with Crippen LogP contribution in [0.2, 0.25) is 0 Å². The van der Waals surface area contributed by atoms with Gasteiger partial charge in [-0.25, -0.2) is 4.79 Å². The lowest BCUT2D eigenvalue weighted by Gasteiger charge is -2.19. The van der Waals surface area contributed by atoms with Gasteiger partial charge < -0.3 is 0 Å². The Morgan fingerprint density at radius 1 is 1.14 bits per heavy atom. The lowest BCUT2D eigenvalue weighted by atomic mass is 9.95. The summed E-state index contributed by atoms with van der Waals surface area (Å²) in [5.74, 6) is -3.84. The van der Waals surface area contributed by atoms with E-state index in [4.69, 9.17) is 0 Å². The zero-order valence-corrected chi connectivity index (χ0v) is 14.0. The lowest BCUT2D eigenvalue weighted by Crippen LogP contribution is -2.43. The van der Waals surface area contributed by atoms with Crippen molar-refractivity contribution in [2.75, 3.05) is 0 Å². The molecule has 1 aliphatic carbocycles. The molecular formula is C16H10F3N4O5+. The van der Waals surface area contributed by atoms with Crippen molar-refractivity contribution in [2.24, 2.45) is 10.9 Å². The van der Waals surface area contributed by atoms with Crippen molar-refractivity contribution < 1.29 is 32.4 Å². The largest absolute Gasteiger partial charge is 0.499 e. The molecule has 0 spiro atoms. The van der Waals surface area contributed by atoms with E-state index < -0.39 is 50.7 Å². The number of benzene rings is 1. The Kier molecular flexibility index (Phi) is 4.41. The number of amides is 1. The van der Waals surface area contributed by atoms with Gasteiger partial charge in [0.15, 0.2) is 11.4 Å². The van der Waals surface area contributed by atoms with Gasteiger partial charge in [0.25, 0.3) is 11.4 Å². The fourth-order valence-electron chi connectivity index (χ4n) is 2.88. The summed E-state index contributed by atoms with van der Waals surface area (Å²) in [6.45, 7) is 1.11. The molecule has 0 saturated heterocycles.